The minimum absolute atomic E-state index is 0.0213. The average Bonchev–Trinajstić information content (AvgIpc) is 3.39. The second-order valence-electron chi connectivity index (χ2n) is 8.88. The molecule has 0 saturated carbocycles. The van der Waals surface area contributed by atoms with Crippen LogP contribution in [0.3, 0.4) is 0 Å². The minimum Gasteiger partial charge on any atom is -0.410 e. The van der Waals surface area contributed by atoms with Crippen LogP contribution in [0.5, 0.6) is 5.75 Å². The molecule has 1 aromatic heterocycles. The van der Waals surface area contributed by atoms with E-state index in [1.807, 2.05) is 6.07 Å². The quantitative estimate of drug-likeness (QED) is 0.461. The fourth-order valence-corrected chi connectivity index (χ4v) is 4.75. The number of carbonyl (C=O) groups excluding carboxylic acids is 1. The SMILES string of the molecule is O=C(N[C@H](c1ccc(F)c(Cl)c1)[C@@H]1CCNC1)Oc1ccc2cnc(NC3CCOCC3)nc2c1. The van der Waals surface area contributed by atoms with Crippen LogP contribution in [0.1, 0.15) is 30.9 Å². The highest BCUT2D eigenvalue weighted by Crippen LogP contribution is 2.30. The van der Waals surface area contributed by atoms with Crippen molar-refractivity contribution in [2.45, 2.75) is 31.3 Å². The molecule has 0 aliphatic carbocycles. The van der Waals surface area contributed by atoms with Crippen LogP contribution in [0.4, 0.5) is 15.1 Å². The highest BCUT2D eigenvalue weighted by molar-refractivity contribution is 6.30. The molecule has 10 heteroatoms. The number of amides is 1. The maximum absolute atomic E-state index is 13.7. The zero-order valence-electron chi connectivity index (χ0n) is 19.1. The van der Waals surface area contributed by atoms with E-state index < -0.39 is 11.9 Å². The van der Waals surface area contributed by atoms with E-state index in [4.69, 9.17) is 21.1 Å². The smallest absolute Gasteiger partial charge is 0.410 e. The number of hydrogen-bond acceptors (Lipinski definition) is 7. The first-order chi connectivity index (χ1) is 17.0. The maximum Gasteiger partial charge on any atom is 0.413 e. The Bertz CT molecular complexity index is 1200. The number of anilines is 1. The van der Waals surface area contributed by atoms with Crippen LogP contribution in [-0.2, 0) is 4.74 Å². The van der Waals surface area contributed by atoms with E-state index >= 15 is 0 Å². The van der Waals surface area contributed by atoms with Crippen LogP contribution >= 0.6 is 11.6 Å². The second-order valence-corrected chi connectivity index (χ2v) is 9.29. The Morgan fingerprint density at radius 3 is 2.83 bits per heavy atom. The molecule has 184 valence electrons. The summed E-state index contributed by atoms with van der Waals surface area (Å²) >= 11 is 6.00. The molecule has 3 heterocycles. The van der Waals surface area contributed by atoms with E-state index in [9.17, 15) is 9.18 Å². The van der Waals surface area contributed by atoms with Gasteiger partial charge in [0.05, 0.1) is 16.6 Å². The fourth-order valence-electron chi connectivity index (χ4n) is 4.56. The van der Waals surface area contributed by atoms with Gasteiger partial charge in [0.15, 0.2) is 0 Å². The number of carbonyl (C=O) groups is 1. The second kappa shape index (κ2) is 10.7. The number of halogens is 2. The van der Waals surface area contributed by atoms with E-state index in [2.05, 4.69) is 25.9 Å². The normalized spacial score (nSPS) is 19.4. The molecule has 0 unspecified atom stereocenters. The molecule has 0 bridgehead atoms. The molecule has 3 aromatic rings. The number of aromatic nitrogens is 2. The highest BCUT2D eigenvalue weighted by Gasteiger charge is 2.29. The number of hydrogen-bond donors (Lipinski definition) is 3. The van der Waals surface area contributed by atoms with Crippen molar-refractivity contribution in [2.75, 3.05) is 31.6 Å². The van der Waals surface area contributed by atoms with Crippen molar-refractivity contribution < 1.29 is 18.7 Å². The summed E-state index contributed by atoms with van der Waals surface area (Å²) in [7, 11) is 0. The molecule has 1 amide bonds. The number of nitrogens with zero attached hydrogens (tertiary/aromatic N) is 2. The molecule has 2 aliphatic heterocycles. The molecule has 2 aliphatic rings. The summed E-state index contributed by atoms with van der Waals surface area (Å²) in [5.41, 5.74) is 1.40. The predicted octanol–water partition coefficient (Wildman–Crippen LogP) is 4.45. The summed E-state index contributed by atoms with van der Waals surface area (Å²) < 4.78 is 24.7. The van der Waals surface area contributed by atoms with Crippen molar-refractivity contribution in [2.24, 2.45) is 5.92 Å². The molecule has 2 atom stereocenters. The molecular formula is C25H27ClFN5O3. The zero-order chi connectivity index (χ0) is 24.2. The Morgan fingerprint density at radius 1 is 1.20 bits per heavy atom. The molecule has 2 aromatic carbocycles. The van der Waals surface area contributed by atoms with Gasteiger partial charge in [0.2, 0.25) is 5.95 Å². The van der Waals surface area contributed by atoms with E-state index in [1.54, 1.807) is 30.5 Å². The van der Waals surface area contributed by atoms with E-state index in [-0.39, 0.29) is 23.0 Å². The molecule has 2 saturated heterocycles. The van der Waals surface area contributed by atoms with Gasteiger partial charge in [0.1, 0.15) is 11.6 Å². The topological polar surface area (TPSA) is 97.4 Å². The number of ether oxygens (including phenoxy) is 2. The first kappa shape index (κ1) is 23.7. The number of fused-ring (bicyclic) bond motifs is 1. The van der Waals surface area contributed by atoms with Gasteiger partial charge >= 0.3 is 6.09 Å². The molecule has 5 rings (SSSR count). The molecule has 3 N–H and O–H groups in total. The third-order valence-electron chi connectivity index (χ3n) is 6.47. The molecule has 8 nitrogen and oxygen atoms in total. The van der Waals surface area contributed by atoms with Gasteiger partial charge < -0.3 is 25.4 Å². The third-order valence-corrected chi connectivity index (χ3v) is 6.75. The molecule has 0 spiro atoms. The summed E-state index contributed by atoms with van der Waals surface area (Å²) in [5, 5.41) is 10.5. The van der Waals surface area contributed by atoms with Crippen LogP contribution in [-0.4, -0.2) is 48.4 Å². The zero-order valence-corrected chi connectivity index (χ0v) is 19.9. The highest BCUT2D eigenvalue weighted by atomic mass is 35.5. The van der Waals surface area contributed by atoms with Crippen molar-refractivity contribution in [3.8, 4) is 5.75 Å². The Kier molecular flexibility index (Phi) is 7.26. The first-order valence-electron chi connectivity index (χ1n) is 11.8. The van der Waals surface area contributed by atoms with Gasteiger partial charge in [-0.2, -0.15) is 0 Å². The maximum atomic E-state index is 13.7. The summed E-state index contributed by atoms with van der Waals surface area (Å²) in [6.45, 7) is 3.03. The first-order valence-corrected chi connectivity index (χ1v) is 12.2. The van der Waals surface area contributed by atoms with Crippen LogP contribution in [0, 0.1) is 11.7 Å². The van der Waals surface area contributed by atoms with Crippen molar-refractivity contribution in [1.29, 1.82) is 0 Å². The fraction of sp³-hybridized carbons (Fsp3) is 0.400. The number of rotatable bonds is 6. The lowest BCUT2D eigenvalue weighted by Crippen LogP contribution is -2.36. The Morgan fingerprint density at radius 2 is 2.06 bits per heavy atom. The third kappa shape index (κ3) is 5.80. The summed E-state index contributed by atoms with van der Waals surface area (Å²) in [5.74, 6) is 0.538. The van der Waals surface area contributed by atoms with Crippen molar-refractivity contribution in [3.63, 3.8) is 0 Å². The monoisotopic (exact) mass is 499 g/mol. The van der Waals surface area contributed by atoms with Gasteiger partial charge in [0.25, 0.3) is 0 Å². The lowest BCUT2D eigenvalue weighted by atomic mass is 9.92. The van der Waals surface area contributed by atoms with E-state index in [1.165, 1.54) is 6.07 Å². The van der Waals surface area contributed by atoms with E-state index in [0.29, 0.717) is 17.2 Å². The van der Waals surface area contributed by atoms with Gasteiger partial charge in [-0.25, -0.2) is 19.2 Å². The van der Waals surface area contributed by atoms with Crippen LogP contribution in [0.15, 0.2) is 42.6 Å². The molecule has 2 fully saturated rings. The summed E-state index contributed by atoms with van der Waals surface area (Å²) in [6.07, 6.45) is 3.82. The van der Waals surface area contributed by atoms with Gasteiger partial charge in [-0.05, 0) is 61.6 Å². The van der Waals surface area contributed by atoms with E-state index in [0.717, 1.165) is 56.5 Å². The van der Waals surface area contributed by atoms with Crippen LogP contribution in [0.2, 0.25) is 5.02 Å². The van der Waals surface area contributed by atoms with Gasteiger partial charge in [-0.1, -0.05) is 17.7 Å². The Balaban J connectivity index is 1.30. The van der Waals surface area contributed by atoms with Gasteiger partial charge in [-0.3, -0.25) is 0 Å². The molecule has 35 heavy (non-hydrogen) atoms. The van der Waals surface area contributed by atoms with Gasteiger partial charge in [0, 0.05) is 43.4 Å². The number of nitrogens with one attached hydrogen (secondary N) is 3. The minimum atomic E-state index is -0.601. The lowest BCUT2D eigenvalue weighted by Gasteiger charge is -2.24. The lowest BCUT2D eigenvalue weighted by molar-refractivity contribution is 0.0903. The Labute approximate surface area is 207 Å². The van der Waals surface area contributed by atoms with Crippen molar-refractivity contribution in [3.05, 3.63) is 59.0 Å². The largest absolute Gasteiger partial charge is 0.413 e. The van der Waals surface area contributed by atoms with Gasteiger partial charge in [-0.15, -0.1) is 0 Å². The van der Waals surface area contributed by atoms with Crippen LogP contribution < -0.4 is 20.7 Å². The molecule has 0 radical (unpaired) electrons. The van der Waals surface area contributed by atoms with Crippen molar-refractivity contribution >= 4 is 34.5 Å². The standard InChI is InChI=1S/C25H27ClFN5O3/c26-20-11-15(2-4-21(20)27)23(17-5-8-28-13-17)32-25(33)35-19-3-1-16-14-29-24(31-22(16)12-19)30-18-6-9-34-10-7-18/h1-4,11-12,14,17-18,23,28H,5-10,13H2,(H,32,33)(H,29,30,31)/t17-,23-/m1/s1. The average molecular weight is 500 g/mol. The van der Waals surface area contributed by atoms with Crippen molar-refractivity contribution in [1.82, 2.24) is 20.6 Å². The Hall–Kier alpha value is -3.01. The molecular weight excluding hydrogens is 473 g/mol. The number of benzene rings is 2. The van der Waals surface area contributed by atoms with Crippen LogP contribution in [0.25, 0.3) is 10.9 Å². The predicted molar refractivity (Wildman–Crippen MR) is 131 cm³/mol. The summed E-state index contributed by atoms with van der Waals surface area (Å²) in [4.78, 5) is 21.8. The summed E-state index contributed by atoms with van der Waals surface area (Å²) in [6, 6.07) is 9.65.